The molecule has 0 heterocycles. The van der Waals surface area contributed by atoms with Crippen LogP contribution in [0.25, 0.3) is 0 Å². The van der Waals surface area contributed by atoms with Crippen molar-refractivity contribution in [2.24, 2.45) is 11.8 Å². The molecule has 0 amide bonds. The number of rotatable bonds is 9. The van der Waals surface area contributed by atoms with E-state index in [9.17, 15) is 5.11 Å². The van der Waals surface area contributed by atoms with Crippen molar-refractivity contribution >= 4 is 0 Å². The maximum Gasteiger partial charge on any atom is 0.0932 e. The van der Waals surface area contributed by atoms with Gasteiger partial charge in [0.15, 0.2) is 0 Å². The molecule has 0 N–H and O–H groups in total. The number of hydrogen-bond donors (Lipinski definition) is 0. The summed E-state index contributed by atoms with van der Waals surface area (Å²) in [6, 6.07) is 0. The first-order chi connectivity index (χ1) is 7.10. The second-order valence-corrected chi connectivity index (χ2v) is 5.25. The number of unbranched alkanes of at least 4 members (excludes halogenated alkanes) is 1. The third-order valence-corrected chi connectivity index (χ3v) is 3.17. The molecule has 15 heavy (non-hydrogen) atoms. The lowest BCUT2D eigenvalue weighted by Gasteiger charge is -2.16. The van der Waals surface area contributed by atoms with Crippen molar-refractivity contribution in [3.8, 4) is 0 Å². The van der Waals surface area contributed by atoms with Gasteiger partial charge in [0.25, 0.3) is 0 Å². The van der Waals surface area contributed by atoms with Crippen molar-refractivity contribution in [1.29, 1.82) is 0 Å². The zero-order valence-electron chi connectivity index (χ0n) is 11.1. The summed E-state index contributed by atoms with van der Waals surface area (Å²) in [4.78, 5) is 0. The summed E-state index contributed by atoms with van der Waals surface area (Å²) in [7, 11) is 0. The van der Waals surface area contributed by atoms with Crippen LogP contribution in [0.2, 0.25) is 0 Å². The van der Waals surface area contributed by atoms with Crippen LogP contribution in [0.4, 0.5) is 0 Å². The monoisotopic (exact) mass is 213 g/mol. The van der Waals surface area contributed by atoms with Crippen molar-refractivity contribution in [1.82, 2.24) is 0 Å². The van der Waals surface area contributed by atoms with Crippen molar-refractivity contribution in [2.45, 2.75) is 78.7 Å². The molecule has 0 bridgehead atoms. The Hall–Kier alpha value is -0.0400. The van der Waals surface area contributed by atoms with E-state index >= 15 is 0 Å². The molecule has 0 saturated carbocycles. The quantitative estimate of drug-likeness (QED) is 0.523. The van der Waals surface area contributed by atoms with Gasteiger partial charge in [-0.2, -0.15) is 0 Å². The molecule has 0 aromatic rings. The van der Waals surface area contributed by atoms with Gasteiger partial charge in [-0.25, -0.2) is 5.11 Å². The van der Waals surface area contributed by atoms with Gasteiger partial charge < -0.3 is 0 Å². The minimum Gasteiger partial charge on any atom is -0.233 e. The molecule has 2 atom stereocenters. The Balaban J connectivity index is 3.60. The van der Waals surface area contributed by atoms with Gasteiger partial charge in [-0.1, -0.05) is 53.4 Å². The van der Waals surface area contributed by atoms with Crippen molar-refractivity contribution in [2.75, 3.05) is 0 Å². The highest BCUT2D eigenvalue weighted by Crippen LogP contribution is 2.21. The average molecular weight is 213 g/mol. The molecule has 0 saturated heterocycles. The van der Waals surface area contributed by atoms with Crippen LogP contribution in [0, 0.1) is 11.8 Å². The molecule has 91 valence electrons. The summed E-state index contributed by atoms with van der Waals surface area (Å²) in [5.74, 6) is 1.36. The van der Waals surface area contributed by atoms with E-state index in [2.05, 4.69) is 27.7 Å². The predicted molar refractivity (Wildman–Crippen MR) is 66.5 cm³/mol. The molecule has 2 unspecified atom stereocenters. The Morgan fingerprint density at radius 1 is 1.00 bits per heavy atom. The van der Waals surface area contributed by atoms with E-state index in [1.165, 1.54) is 25.7 Å². The SMILES string of the molecule is CCCCC(CC)CCC([O])CC(C)C. The van der Waals surface area contributed by atoms with Crippen LogP contribution in [0.5, 0.6) is 0 Å². The highest BCUT2D eigenvalue weighted by atomic mass is 16.3. The Morgan fingerprint density at radius 2 is 1.67 bits per heavy atom. The zero-order valence-corrected chi connectivity index (χ0v) is 11.1. The number of hydrogen-bond acceptors (Lipinski definition) is 0. The van der Waals surface area contributed by atoms with E-state index in [4.69, 9.17) is 0 Å². The fourth-order valence-corrected chi connectivity index (χ4v) is 2.11. The van der Waals surface area contributed by atoms with Gasteiger partial charge in [-0.3, -0.25) is 0 Å². The topological polar surface area (TPSA) is 19.9 Å². The third kappa shape index (κ3) is 8.92. The molecule has 0 aromatic heterocycles. The largest absolute Gasteiger partial charge is 0.233 e. The van der Waals surface area contributed by atoms with Crippen LogP contribution < -0.4 is 0 Å². The van der Waals surface area contributed by atoms with Crippen LogP contribution >= 0.6 is 0 Å². The van der Waals surface area contributed by atoms with Gasteiger partial charge in [-0.15, -0.1) is 0 Å². The standard InChI is InChI=1S/C14H29O/c1-5-7-8-13(6-2)9-10-14(15)11-12(3)4/h12-14H,5-11H2,1-4H3. The van der Waals surface area contributed by atoms with E-state index in [-0.39, 0.29) is 6.10 Å². The molecule has 0 aromatic carbocycles. The van der Waals surface area contributed by atoms with Crippen LogP contribution in [-0.4, -0.2) is 6.10 Å². The zero-order chi connectivity index (χ0) is 11.7. The lowest BCUT2D eigenvalue weighted by Crippen LogP contribution is -2.11. The molecule has 0 spiro atoms. The van der Waals surface area contributed by atoms with Crippen molar-refractivity contribution in [3.63, 3.8) is 0 Å². The molecular formula is C14H29O. The molecule has 1 heteroatoms. The Kier molecular flexibility index (Phi) is 9.18. The summed E-state index contributed by atoms with van der Waals surface area (Å²) in [5.41, 5.74) is 0. The highest BCUT2D eigenvalue weighted by Gasteiger charge is 2.12. The van der Waals surface area contributed by atoms with E-state index in [0.717, 1.165) is 25.2 Å². The van der Waals surface area contributed by atoms with E-state index in [1.807, 2.05) is 0 Å². The van der Waals surface area contributed by atoms with E-state index < -0.39 is 0 Å². The highest BCUT2D eigenvalue weighted by molar-refractivity contribution is 4.63. The van der Waals surface area contributed by atoms with Gasteiger partial charge in [0, 0.05) is 0 Å². The Bertz CT molecular complexity index is 131. The van der Waals surface area contributed by atoms with Crippen LogP contribution in [0.15, 0.2) is 0 Å². The van der Waals surface area contributed by atoms with Gasteiger partial charge in [-0.05, 0) is 31.1 Å². The van der Waals surface area contributed by atoms with E-state index in [1.54, 1.807) is 0 Å². The summed E-state index contributed by atoms with van der Waals surface area (Å²) >= 11 is 0. The average Bonchev–Trinajstić information content (AvgIpc) is 2.17. The fourth-order valence-electron chi connectivity index (χ4n) is 2.11. The van der Waals surface area contributed by atoms with Crippen LogP contribution in [0.3, 0.4) is 0 Å². The molecule has 0 aliphatic heterocycles. The Morgan fingerprint density at radius 3 is 2.13 bits per heavy atom. The maximum absolute atomic E-state index is 11.6. The third-order valence-electron chi connectivity index (χ3n) is 3.17. The van der Waals surface area contributed by atoms with Crippen LogP contribution in [0.1, 0.15) is 72.6 Å². The molecule has 0 aliphatic carbocycles. The lowest BCUT2D eigenvalue weighted by atomic mass is 9.91. The maximum atomic E-state index is 11.6. The summed E-state index contributed by atoms with van der Waals surface area (Å²) in [5, 5.41) is 11.6. The van der Waals surface area contributed by atoms with E-state index in [0.29, 0.717) is 5.92 Å². The molecule has 0 aliphatic rings. The van der Waals surface area contributed by atoms with Crippen LogP contribution in [-0.2, 0) is 5.11 Å². The van der Waals surface area contributed by atoms with Gasteiger partial charge in [0.05, 0.1) is 6.10 Å². The molecule has 0 rings (SSSR count). The second-order valence-electron chi connectivity index (χ2n) is 5.25. The van der Waals surface area contributed by atoms with Crippen molar-refractivity contribution < 1.29 is 5.11 Å². The van der Waals surface area contributed by atoms with Crippen molar-refractivity contribution in [3.05, 3.63) is 0 Å². The minimum absolute atomic E-state index is 0.319. The van der Waals surface area contributed by atoms with Gasteiger partial charge in [0.2, 0.25) is 0 Å². The van der Waals surface area contributed by atoms with Gasteiger partial charge in [0.1, 0.15) is 0 Å². The first kappa shape index (κ1) is 15.0. The Labute approximate surface area is 96.3 Å². The summed E-state index contributed by atoms with van der Waals surface area (Å²) < 4.78 is 0. The molecule has 0 fully saturated rings. The molecule has 1 nitrogen and oxygen atoms in total. The van der Waals surface area contributed by atoms with Gasteiger partial charge >= 0.3 is 0 Å². The lowest BCUT2D eigenvalue weighted by molar-refractivity contribution is 0.0566. The fraction of sp³-hybridized carbons (Fsp3) is 1.00. The predicted octanol–water partition coefficient (Wildman–Crippen LogP) is 4.83. The first-order valence-corrected chi connectivity index (χ1v) is 6.75. The summed E-state index contributed by atoms with van der Waals surface area (Å²) in [6.07, 6.45) is 7.74. The first-order valence-electron chi connectivity index (χ1n) is 6.75. The smallest absolute Gasteiger partial charge is 0.0932 e. The summed E-state index contributed by atoms with van der Waals surface area (Å²) in [6.45, 7) is 8.77. The normalized spacial score (nSPS) is 15.6. The minimum atomic E-state index is -0.319. The second kappa shape index (κ2) is 9.21. The molecular weight excluding hydrogens is 184 g/mol. The molecule has 1 radical (unpaired) electrons.